The van der Waals surface area contributed by atoms with E-state index < -0.39 is 0 Å². The van der Waals surface area contributed by atoms with Gasteiger partial charge in [-0.25, -0.2) is 4.98 Å². The third-order valence-corrected chi connectivity index (χ3v) is 4.89. The lowest BCUT2D eigenvalue weighted by molar-refractivity contribution is 0.865. The van der Waals surface area contributed by atoms with Crippen molar-refractivity contribution in [3.63, 3.8) is 0 Å². The van der Waals surface area contributed by atoms with Crippen molar-refractivity contribution in [2.75, 3.05) is 0 Å². The number of imidazole rings is 1. The number of rotatable bonds is 4. The van der Waals surface area contributed by atoms with Crippen molar-refractivity contribution in [3.05, 3.63) is 53.3 Å². The number of nitrogens with zero attached hydrogens (tertiary/aromatic N) is 2. The molecule has 0 amide bonds. The van der Waals surface area contributed by atoms with Gasteiger partial charge in [0.1, 0.15) is 0 Å². The molecule has 0 saturated carbocycles. The quantitative estimate of drug-likeness (QED) is 0.641. The molecule has 0 aliphatic carbocycles. The molecule has 0 unspecified atom stereocenters. The molecule has 3 aromatic rings. The number of thiazole rings is 1. The van der Waals surface area contributed by atoms with Gasteiger partial charge in [-0.3, -0.25) is 4.40 Å². The summed E-state index contributed by atoms with van der Waals surface area (Å²) >= 11 is 3.52. The average molecular weight is 288 g/mol. The van der Waals surface area contributed by atoms with Gasteiger partial charge in [0.05, 0.1) is 5.69 Å². The van der Waals surface area contributed by atoms with Crippen molar-refractivity contribution in [1.82, 2.24) is 9.38 Å². The largest absolute Gasteiger partial charge is 0.297 e. The van der Waals surface area contributed by atoms with Crippen LogP contribution in [0.25, 0.3) is 4.96 Å². The first-order valence-corrected chi connectivity index (χ1v) is 8.23. The molecule has 3 rings (SSSR count). The van der Waals surface area contributed by atoms with Crippen LogP contribution in [0.4, 0.5) is 0 Å². The van der Waals surface area contributed by atoms with Gasteiger partial charge in [-0.2, -0.15) is 0 Å². The van der Waals surface area contributed by atoms with E-state index in [4.69, 9.17) is 0 Å². The van der Waals surface area contributed by atoms with E-state index in [1.807, 2.05) is 11.8 Å². The van der Waals surface area contributed by atoms with Gasteiger partial charge < -0.3 is 0 Å². The Hall–Kier alpha value is -1.26. The van der Waals surface area contributed by atoms with Crippen LogP contribution >= 0.6 is 23.1 Å². The Labute approximate surface area is 121 Å². The highest BCUT2D eigenvalue weighted by molar-refractivity contribution is 7.98. The van der Waals surface area contributed by atoms with Crippen molar-refractivity contribution in [1.29, 1.82) is 0 Å². The van der Waals surface area contributed by atoms with E-state index in [9.17, 15) is 0 Å². The molecular formula is C15H16N2S2. The molecule has 0 atom stereocenters. The molecule has 0 aliphatic heterocycles. The molecule has 2 nitrogen and oxygen atoms in total. The highest BCUT2D eigenvalue weighted by Gasteiger charge is 2.04. The molecule has 0 N–H and O–H groups in total. The van der Waals surface area contributed by atoms with Crippen LogP contribution in [-0.4, -0.2) is 9.38 Å². The molecule has 19 heavy (non-hydrogen) atoms. The number of benzene rings is 1. The SMILES string of the molecule is CC(C)c1ccc(SCc2cn3ccsc3n2)cc1. The lowest BCUT2D eigenvalue weighted by atomic mass is 10.0. The minimum Gasteiger partial charge on any atom is -0.297 e. The smallest absolute Gasteiger partial charge is 0.193 e. The molecule has 2 aromatic heterocycles. The van der Waals surface area contributed by atoms with Gasteiger partial charge >= 0.3 is 0 Å². The third-order valence-electron chi connectivity index (χ3n) is 3.08. The standard InChI is InChI=1S/C15H16N2S2/c1-11(2)12-3-5-14(6-4-12)19-10-13-9-17-7-8-18-15(17)16-13/h3-9,11H,10H2,1-2H3. The van der Waals surface area contributed by atoms with Gasteiger partial charge in [-0.1, -0.05) is 26.0 Å². The second kappa shape index (κ2) is 5.39. The number of hydrogen-bond acceptors (Lipinski definition) is 3. The summed E-state index contributed by atoms with van der Waals surface area (Å²) in [5.74, 6) is 1.52. The highest BCUT2D eigenvalue weighted by atomic mass is 32.2. The number of fused-ring (bicyclic) bond motifs is 1. The molecule has 98 valence electrons. The maximum atomic E-state index is 4.59. The van der Waals surface area contributed by atoms with Crippen molar-refractivity contribution in [2.45, 2.75) is 30.4 Å². The van der Waals surface area contributed by atoms with Gasteiger partial charge in [-0.05, 0) is 23.6 Å². The Bertz CT molecular complexity index is 636. The second-order valence-corrected chi connectivity index (χ2v) is 6.76. The predicted octanol–water partition coefficient (Wildman–Crippen LogP) is 4.81. The van der Waals surface area contributed by atoms with Gasteiger partial charge in [0.15, 0.2) is 4.96 Å². The Balaban J connectivity index is 1.67. The van der Waals surface area contributed by atoms with E-state index >= 15 is 0 Å². The van der Waals surface area contributed by atoms with E-state index in [0.29, 0.717) is 5.92 Å². The van der Waals surface area contributed by atoms with E-state index in [1.165, 1.54) is 10.5 Å². The van der Waals surface area contributed by atoms with Crippen LogP contribution in [-0.2, 0) is 5.75 Å². The molecular weight excluding hydrogens is 272 g/mol. The van der Waals surface area contributed by atoms with Crippen molar-refractivity contribution < 1.29 is 0 Å². The van der Waals surface area contributed by atoms with Crippen molar-refractivity contribution in [2.24, 2.45) is 0 Å². The van der Waals surface area contributed by atoms with E-state index in [2.05, 4.69) is 65.3 Å². The highest BCUT2D eigenvalue weighted by Crippen LogP contribution is 2.25. The molecule has 1 aromatic carbocycles. The first-order valence-electron chi connectivity index (χ1n) is 6.36. The Morgan fingerprint density at radius 1 is 1.26 bits per heavy atom. The van der Waals surface area contributed by atoms with Gasteiger partial charge in [0, 0.05) is 28.4 Å². The zero-order valence-corrected chi connectivity index (χ0v) is 12.7. The lowest BCUT2D eigenvalue weighted by Gasteiger charge is -2.06. The van der Waals surface area contributed by atoms with E-state index in [-0.39, 0.29) is 0 Å². The van der Waals surface area contributed by atoms with E-state index in [1.54, 1.807) is 11.3 Å². The maximum absolute atomic E-state index is 4.59. The Morgan fingerprint density at radius 3 is 2.74 bits per heavy atom. The molecule has 0 saturated heterocycles. The van der Waals surface area contributed by atoms with Gasteiger partial charge in [-0.15, -0.1) is 23.1 Å². The van der Waals surface area contributed by atoms with Crippen LogP contribution < -0.4 is 0 Å². The maximum Gasteiger partial charge on any atom is 0.193 e. The third kappa shape index (κ3) is 2.85. The summed E-state index contributed by atoms with van der Waals surface area (Å²) in [7, 11) is 0. The Morgan fingerprint density at radius 2 is 2.05 bits per heavy atom. The minimum atomic E-state index is 0.596. The Kier molecular flexibility index (Phi) is 3.62. The van der Waals surface area contributed by atoms with Crippen LogP contribution in [0.5, 0.6) is 0 Å². The lowest BCUT2D eigenvalue weighted by Crippen LogP contribution is -1.86. The topological polar surface area (TPSA) is 17.3 Å². The molecule has 0 spiro atoms. The average Bonchev–Trinajstić information content (AvgIpc) is 2.97. The molecule has 4 heteroatoms. The van der Waals surface area contributed by atoms with Crippen LogP contribution in [0, 0.1) is 0 Å². The van der Waals surface area contributed by atoms with Gasteiger partial charge in [0.25, 0.3) is 0 Å². The summed E-state index contributed by atoms with van der Waals surface area (Å²) in [6.07, 6.45) is 4.17. The number of thioether (sulfide) groups is 1. The van der Waals surface area contributed by atoms with E-state index in [0.717, 1.165) is 16.4 Å². The first kappa shape index (κ1) is 12.8. The monoisotopic (exact) mass is 288 g/mol. The molecule has 0 radical (unpaired) electrons. The molecule has 0 aliphatic rings. The fourth-order valence-corrected chi connectivity index (χ4v) is 3.45. The van der Waals surface area contributed by atoms with Crippen molar-refractivity contribution >= 4 is 28.1 Å². The van der Waals surface area contributed by atoms with Crippen molar-refractivity contribution in [3.8, 4) is 0 Å². The summed E-state index contributed by atoms with van der Waals surface area (Å²) in [6.45, 7) is 4.44. The molecule has 2 heterocycles. The van der Waals surface area contributed by atoms with Crippen LogP contribution in [0.1, 0.15) is 31.0 Å². The van der Waals surface area contributed by atoms with Gasteiger partial charge in [0.2, 0.25) is 0 Å². The first-order chi connectivity index (χ1) is 9.22. The second-order valence-electron chi connectivity index (χ2n) is 4.84. The summed E-state index contributed by atoms with van der Waals surface area (Å²) in [4.78, 5) is 6.98. The summed E-state index contributed by atoms with van der Waals surface area (Å²) in [5.41, 5.74) is 2.54. The van der Waals surface area contributed by atoms with Crippen LogP contribution in [0.15, 0.2) is 46.9 Å². The summed E-state index contributed by atoms with van der Waals surface area (Å²) < 4.78 is 2.09. The summed E-state index contributed by atoms with van der Waals surface area (Å²) in [6, 6.07) is 8.86. The zero-order chi connectivity index (χ0) is 13.2. The minimum absolute atomic E-state index is 0.596. The number of hydrogen-bond donors (Lipinski definition) is 0. The zero-order valence-electron chi connectivity index (χ0n) is 11.0. The molecule has 0 bridgehead atoms. The number of aromatic nitrogens is 2. The van der Waals surface area contributed by atoms with Crippen LogP contribution in [0.3, 0.4) is 0 Å². The fraction of sp³-hybridized carbons (Fsp3) is 0.267. The van der Waals surface area contributed by atoms with Crippen LogP contribution in [0.2, 0.25) is 0 Å². The molecule has 0 fully saturated rings. The normalized spacial score (nSPS) is 11.5. The summed E-state index contributed by atoms with van der Waals surface area (Å²) in [5, 5.41) is 2.06. The predicted molar refractivity (Wildman–Crippen MR) is 83.2 cm³/mol. The fourth-order valence-electron chi connectivity index (χ4n) is 1.95.